The van der Waals surface area contributed by atoms with Crippen LogP contribution in [0.2, 0.25) is 0 Å². The quantitative estimate of drug-likeness (QED) is 0.588. The van der Waals surface area contributed by atoms with Crippen molar-refractivity contribution in [2.75, 3.05) is 6.61 Å². The van der Waals surface area contributed by atoms with E-state index in [1.54, 1.807) is 0 Å². The Labute approximate surface area is 72.4 Å². The van der Waals surface area contributed by atoms with E-state index in [-0.39, 0.29) is 25.9 Å². The maximum Gasteiger partial charge on any atom is 2.00 e. The van der Waals surface area contributed by atoms with Crippen molar-refractivity contribution in [3.63, 3.8) is 0 Å². The summed E-state index contributed by atoms with van der Waals surface area (Å²) in [7, 11) is 0. The molecule has 0 bridgehead atoms. The van der Waals surface area contributed by atoms with Gasteiger partial charge in [-0.05, 0) is 5.92 Å². The molecule has 0 rings (SSSR count). The van der Waals surface area contributed by atoms with Crippen LogP contribution in [0.4, 0.5) is 0 Å². The first-order valence-electron chi connectivity index (χ1n) is 2.01. The van der Waals surface area contributed by atoms with Gasteiger partial charge >= 0.3 is 23.1 Å². The van der Waals surface area contributed by atoms with E-state index < -0.39 is 0 Å². The van der Waals surface area contributed by atoms with Gasteiger partial charge in [-0.1, -0.05) is 13.8 Å². The Bertz CT molecular complexity index is 39.7. The first kappa shape index (κ1) is 11.1. The zero-order valence-corrected chi connectivity index (χ0v) is 7.78. The number of hydrogen-bond acceptors (Lipinski definition) is 1. The van der Waals surface area contributed by atoms with Gasteiger partial charge in [0.15, 0.2) is 0 Å². The molecule has 0 spiro atoms. The molecule has 1 nitrogen and oxygen atoms in total. The average Bonchev–Trinajstić information content (AvgIpc) is 1.35. The minimum Gasteiger partial charge on any atom is -1.00 e. The maximum atomic E-state index is 4.62. The first-order valence-corrected chi connectivity index (χ1v) is 2.65. The molecule has 0 radical (unpaired) electrons. The van der Waals surface area contributed by atoms with Crippen LogP contribution in [0, 0.1) is 5.92 Å². The summed E-state index contributed by atoms with van der Waals surface area (Å²) in [6.07, 6.45) is 0. The monoisotopic (exact) mass is 178 g/mol. The molecule has 7 heavy (non-hydrogen) atoms. The fourth-order valence-electron chi connectivity index (χ4n) is 0.126. The molecule has 0 amide bonds. The Hall–Kier alpha value is 1.21. The Morgan fingerprint density at radius 1 is 1.71 bits per heavy atom. The summed E-state index contributed by atoms with van der Waals surface area (Å²) in [5, 5.41) is 0. The molecule has 0 saturated heterocycles. The molecule has 0 aromatic carbocycles. The largest absolute Gasteiger partial charge is 2.00 e. The Morgan fingerprint density at radius 3 is 2.14 bits per heavy atom. The summed E-state index contributed by atoms with van der Waals surface area (Å²) in [5.74, 6) is 0.629. The smallest absolute Gasteiger partial charge is 1.00 e. The van der Waals surface area contributed by atoms with Crippen molar-refractivity contribution >= 4 is 39.3 Å². The van der Waals surface area contributed by atoms with Crippen LogP contribution in [0.15, 0.2) is 0 Å². The van der Waals surface area contributed by atoms with Gasteiger partial charge in [-0.25, -0.2) is 0 Å². The summed E-state index contributed by atoms with van der Waals surface area (Å²) in [4.78, 5) is 0. The van der Waals surface area contributed by atoms with Gasteiger partial charge in [-0.15, -0.1) is 0 Å². The molecule has 0 aliphatic carbocycles. The molecule has 0 atom stereocenters. The zero-order chi connectivity index (χ0) is 4.99. The molecule has 0 heterocycles. The van der Waals surface area contributed by atoms with Crippen LogP contribution in [-0.4, -0.2) is 29.7 Å². The van der Waals surface area contributed by atoms with E-state index in [2.05, 4.69) is 33.9 Å². The molecular formula is C4H11BrMgO. The van der Waals surface area contributed by atoms with Gasteiger partial charge in [0.05, 0.1) is 22.9 Å². The molecule has 0 unspecified atom stereocenters. The zero-order valence-electron chi connectivity index (χ0n) is 6.78. The first-order chi connectivity index (χ1) is 2.77. The van der Waals surface area contributed by atoms with Crippen molar-refractivity contribution in [2.24, 2.45) is 5.92 Å². The fourth-order valence-corrected chi connectivity index (χ4v) is 0.655. The van der Waals surface area contributed by atoms with Crippen molar-refractivity contribution in [1.82, 2.24) is 0 Å². The number of rotatable bonds is 2. The van der Waals surface area contributed by atoms with Crippen molar-refractivity contribution < 1.29 is 6.68 Å². The van der Waals surface area contributed by atoms with Crippen LogP contribution < -0.4 is 0 Å². The second-order valence-corrected chi connectivity index (χ2v) is 2.13. The normalized spacial score (nSPS) is 8.57. The minimum absolute atomic E-state index is 0. The minimum atomic E-state index is 0. The van der Waals surface area contributed by atoms with Gasteiger partial charge in [0.2, 0.25) is 0 Å². The van der Waals surface area contributed by atoms with E-state index in [4.69, 9.17) is 0 Å². The van der Waals surface area contributed by atoms with Crippen LogP contribution in [-0.2, 0) is 3.83 Å². The maximum absolute atomic E-state index is 4.62. The summed E-state index contributed by atoms with van der Waals surface area (Å²) in [5.41, 5.74) is 0. The predicted molar refractivity (Wildman–Crippen MR) is 37.7 cm³/mol. The SMILES string of the molecule is CC(C)COBr.[H-].[H-].[Mg+2]. The van der Waals surface area contributed by atoms with E-state index >= 15 is 0 Å². The summed E-state index contributed by atoms with van der Waals surface area (Å²) in [6.45, 7) is 4.99. The van der Waals surface area contributed by atoms with Crippen molar-refractivity contribution in [3.05, 3.63) is 0 Å². The van der Waals surface area contributed by atoms with Gasteiger partial charge in [-0.2, -0.15) is 0 Å². The van der Waals surface area contributed by atoms with Gasteiger partial charge in [0, 0.05) is 0 Å². The standard InChI is InChI=1S/C4H9BrO.Mg.2H/c1-4(2)3-6-5;;;/h4H,3H2,1-2H3;;;/q;+2;2*-1. The van der Waals surface area contributed by atoms with Crippen LogP contribution >= 0.6 is 16.3 Å². The Kier molecular flexibility index (Phi) is 11.4. The van der Waals surface area contributed by atoms with Crippen molar-refractivity contribution in [3.8, 4) is 0 Å². The summed E-state index contributed by atoms with van der Waals surface area (Å²) < 4.78 is 4.62. The molecule has 0 aliphatic rings. The van der Waals surface area contributed by atoms with Gasteiger partial charge in [0.1, 0.15) is 0 Å². The van der Waals surface area contributed by atoms with Crippen molar-refractivity contribution in [1.29, 1.82) is 0 Å². The number of halogens is 1. The van der Waals surface area contributed by atoms with E-state index in [1.165, 1.54) is 0 Å². The van der Waals surface area contributed by atoms with E-state index in [0.29, 0.717) is 5.92 Å². The number of hydrogen-bond donors (Lipinski definition) is 0. The van der Waals surface area contributed by atoms with Gasteiger partial charge in [-0.3, -0.25) is 0 Å². The second-order valence-electron chi connectivity index (χ2n) is 1.67. The molecular weight excluding hydrogens is 168 g/mol. The van der Waals surface area contributed by atoms with E-state index in [9.17, 15) is 0 Å². The topological polar surface area (TPSA) is 9.23 Å². The summed E-state index contributed by atoms with van der Waals surface area (Å²) in [6, 6.07) is 0. The molecule has 0 aromatic rings. The fraction of sp³-hybridized carbons (Fsp3) is 1.00. The molecule has 42 valence electrons. The molecule has 0 aromatic heterocycles. The molecule has 0 fully saturated rings. The van der Waals surface area contributed by atoms with Gasteiger partial charge < -0.3 is 6.68 Å². The third-order valence-electron chi connectivity index (χ3n) is 0.396. The van der Waals surface area contributed by atoms with E-state index in [1.807, 2.05) is 0 Å². The van der Waals surface area contributed by atoms with Crippen molar-refractivity contribution in [2.45, 2.75) is 13.8 Å². The van der Waals surface area contributed by atoms with Crippen LogP contribution in [0.3, 0.4) is 0 Å². The second kappa shape index (κ2) is 7.21. The predicted octanol–water partition coefficient (Wildman–Crippen LogP) is 1.81. The Balaban J connectivity index is -0.0000000417. The van der Waals surface area contributed by atoms with Gasteiger partial charge in [0.25, 0.3) is 0 Å². The summed E-state index contributed by atoms with van der Waals surface area (Å²) >= 11 is 2.85. The average molecular weight is 179 g/mol. The third-order valence-corrected chi connectivity index (χ3v) is 0.661. The van der Waals surface area contributed by atoms with Crippen LogP contribution in [0.5, 0.6) is 0 Å². The molecule has 0 saturated carbocycles. The molecule has 0 N–H and O–H groups in total. The molecule has 0 aliphatic heterocycles. The molecule has 3 heteroatoms. The van der Waals surface area contributed by atoms with Crippen LogP contribution in [0.25, 0.3) is 0 Å². The Morgan fingerprint density at radius 2 is 2.14 bits per heavy atom. The van der Waals surface area contributed by atoms with Crippen LogP contribution in [0.1, 0.15) is 16.7 Å². The van der Waals surface area contributed by atoms with E-state index in [0.717, 1.165) is 6.61 Å². The third kappa shape index (κ3) is 11.0.